The van der Waals surface area contributed by atoms with Gasteiger partial charge in [-0.05, 0) is 88.2 Å². The average molecular weight is 628 g/mol. The van der Waals surface area contributed by atoms with Gasteiger partial charge < -0.3 is 14.7 Å². The zero-order valence-corrected chi connectivity index (χ0v) is 27.6. The molecule has 0 unspecified atom stereocenters. The minimum absolute atomic E-state index is 0.0891. The Kier molecular flexibility index (Phi) is 6.01. The van der Waals surface area contributed by atoms with E-state index in [9.17, 15) is 0 Å². The molecule has 3 aliphatic rings. The fraction of sp³-hybridized carbons (Fsp3) is 0.0667. The topological polar surface area (TPSA) is 9.72 Å². The van der Waals surface area contributed by atoms with Gasteiger partial charge in [-0.25, -0.2) is 0 Å². The van der Waals surface area contributed by atoms with E-state index >= 15 is 0 Å². The molecule has 7 aromatic rings. The number of nitrogens with zero attached hydrogens (tertiary/aromatic N) is 3. The van der Waals surface area contributed by atoms with Crippen LogP contribution in [0.25, 0.3) is 0 Å². The first-order chi connectivity index (χ1) is 24.1. The second-order valence-corrected chi connectivity index (χ2v) is 13.8. The van der Waals surface area contributed by atoms with Gasteiger partial charge in [0.2, 0.25) is 0 Å². The molecule has 3 heterocycles. The molecular formula is C45H34BN3. The molecule has 0 amide bonds. The van der Waals surface area contributed by atoms with Crippen LogP contribution in [0, 0.1) is 0 Å². The summed E-state index contributed by atoms with van der Waals surface area (Å²) in [5.41, 5.74) is 17.2. The molecule has 0 fully saturated rings. The quantitative estimate of drug-likeness (QED) is 0.181. The molecule has 0 saturated carbocycles. The Hall–Kier alpha value is -6.00. The van der Waals surface area contributed by atoms with Crippen LogP contribution in [0.5, 0.6) is 0 Å². The lowest BCUT2D eigenvalue weighted by molar-refractivity contribution is 0.632. The second kappa shape index (κ2) is 10.5. The van der Waals surface area contributed by atoms with Crippen molar-refractivity contribution in [3.8, 4) is 0 Å². The highest BCUT2D eigenvalue weighted by molar-refractivity contribution is 7.00. The van der Waals surface area contributed by atoms with Crippen LogP contribution in [0.4, 0.5) is 51.2 Å². The number of hydrogen-bond acceptors (Lipinski definition) is 3. The standard InChI is InChI=1S/C45H34BN3/c1-45(2)34-21-9-13-25-38(34)49(39-26-14-10-22-35(39)45)33-29-42-44-43(30-33)48(32-19-7-4-8-20-32)41-28-16-12-24-37(41)46(44)36-23-11-15-27-40(36)47(42)31-17-5-3-6-18-31/h3-30H,1-2H3. The number of anilines is 9. The van der Waals surface area contributed by atoms with Crippen LogP contribution >= 0.6 is 0 Å². The molecule has 4 heteroatoms. The predicted molar refractivity (Wildman–Crippen MR) is 207 cm³/mol. The maximum absolute atomic E-state index is 2.50. The second-order valence-electron chi connectivity index (χ2n) is 13.8. The summed E-state index contributed by atoms with van der Waals surface area (Å²) in [4.78, 5) is 7.46. The fourth-order valence-electron chi connectivity index (χ4n) is 8.67. The van der Waals surface area contributed by atoms with Crippen molar-refractivity contribution in [1.82, 2.24) is 0 Å². The lowest BCUT2D eigenvalue weighted by Gasteiger charge is -2.46. The minimum atomic E-state index is -0.138. The van der Waals surface area contributed by atoms with Gasteiger partial charge in [0.1, 0.15) is 0 Å². The van der Waals surface area contributed by atoms with Gasteiger partial charge in [-0.3, -0.25) is 0 Å². The Bertz CT molecular complexity index is 2240. The Balaban J connectivity index is 1.34. The van der Waals surface area contributed by atoms with E-state index in [0.717, 1.165) is 17.1 Å². The Morgan fingerprint density at radius 3 is 1.20 bits per heavy atom. The highest BCUT2D eigenvalue weighted by Gasteiger charge is 2.44. The van der Waals surface area contributed by atoms with Crippen LogP contribution in [0.3, 0.4) is 0 Å². The SMILES string of the molecule is CC1(C)c2ccccc2N(c2cc3c4c(c2)N(c2ccccc2)c2ccccc2B4c2ccccc2N3c2ccccc2)c2ccccc21. The van der Waals surface area contributed by atoms with E-state index in [-0.39, 0.29) is 12.1 Å². The van der Waals surface area contributed by atoms with Crippen LogP contribution in [0.15, 0.2) is 170 Å². The number of hydrogen-bond donors (Lipinski definition) is 0. The van der Waals surface area contributed by atoms with Gasteiger partial charge >= 0.3 is 0 Å². The van der Waals surface area contributed by atoms with E-state index in [1.165, 1.54) is 61.6 Å². The smallest absolute Gasteiger partial charge is 0.252 e. The number of fused-ring (bicyclic) bond motifs is 6. The number of rotatable bonds is 3. The van der Waals surface area contributed by atoms with E-state index in [1.54, 1.807) is 0 Å². The van der Waals surface area contributed by atoms with Crippen molar-refractivity contribution in [2.75, 3.05) is 14.7 Å². The molecule has 0 N–H and O–H groups in total. The molecule has 232 valence electrons. The lowest BCUT2D eigenvalue weighted by Crippen LogP contribution is -2.61. The zero-order chi connectivity index (χ0) is 32.7. The van der Waals surface area contributed by atoms with Crippen molar-refractivity contribution >= 4 is 74.3 Å². The van der Waals surface area contributed by atoms with Gasteiger partial charge in [0, 0.05) is 39.5 Å². The summed E-state index contributed by atoms with van der Waals surface area (Å²) in [6.45, 7) is 4.79. The van der Waals surface area contributed by atoms with Crippen LogP contribution in [0.2, 0.25) is 0 Å². The van der Waals surface area contributed by atoms with Crippen molar-refractivity contribution in [2.45, 2.75) is 19.3 Å². The molecule has 0 saturated heterocycles. The predicted octanol–water partition coefficient (Wildman–Crippen LogP) is 9.88. The molecule has 0 radical (unpaired) electrons. The summed E-state index contributed by atoms with van der Waals surface area (Å²) in [7, 11) is 0. The lowest BCUT2D eigenvalue weighted by atomic mass is 9.33. The van der Waals surface area contributed by atoms with Gasteiger partial charge in [-0.2, -0.15) is 0 Å². The molecule has 0 spiro atoms. The van der Waals surface area contributed by atoms with Crippen molar-refractivity contribution in [3.63, 3.8) is 0 Å². The van der Waals surface area contributed by atoms with E-state index in [1.807, 2.05) is 0 Å². The van der Waals surface area contributed by atoms with Crippen molar-refractivity contribution < 1.29 is 0 Å². The summed E-state index contributed by atoms with van der Waals surface area (Å²) in [6.07, 6.45) is 0. The summed E-state index contributed by atoms with van der Waals surface area (Å²) in [6, 6.07) is 62.4. The summed E-state index contributed by atoms with van der Waals surface area (Å²) < 4.78 is 0. The first kappa shape index (κ1) is 28.1. The monoisotopic (exact) mass is 627 g/mol. The van der Waals surface area contributed by atoms with Crippen molar-refractivity contribution in [1.29, 1.82) is 0 Å². The van der Waals surface area contributed by atoms with Gasteiger partial charge in [0.15, 0.2) is 0 Å². The average Bonchev–Trinajstić information content (AvgIpc) is 3.15. The van der Waals surface area contributed by atoms with E-state index in [4.69, 9.17) is 0 Å². The zero-order valence-electron chi connectivity index (χ0n) is 27.6. The Morgan fingerprint density at radius 2 is 0.735 bits per heavy atom. The first-order valence-corrected chi connectivity index (χ1v) is 17.2. The summed E-state index contributed by atoms with van der Waals surface area (Å²) in [5, 5.41) is 0. The molecule has 0 aliphatic carbocycles. The molecule has 49 heavy (non-hydrogen) atoms. The molecule has 3 nitrogen and oxygen atoms in total. The van der Waals surface area contributed by atoms with Gasteiger partial charge in [-0.1, -0.05) is 123 Å². The van der Waals surface area contributed by atoms with Gasteiger partial charge in [-0.15, -0.1) is 0 Å². The van der Waals surface area contributed by atoms with Crippen LogP contribution in [-0.4, -0.2) is 6.71 Å². The van der Waals surface area contributed by atoms with Crippen LogP contribution in [-0.2, 0) is 5.41 Å². The van der Waals surface area contributed by atoms with Crippen molar-refractivity contribution in [3.05, 3.63) is 181 Å². The third-order valence-corrected chi connectivity index (χ3v) is 10.8. The highest BCUT2D eigenvalue weighted by Crippen LogP contribution is 2.54. The maximum atomic E-state index is 2.50. The van der Waals surface area contributed by atoms with Gasteiger partial charge in [0.05, 0.1) is 17.1 Å². The molecular weight excluding hydrogens is 593 g/mol. The largest absolute Gasteiger partial charge is 0.311 e. The van der Waals surface area contributed by atoms with E-state index in [2.05, 4.69) is 198 Å². The highest BCUT2D eigenvalue weighted by atomic mass is 15.2. The summed E-state index contributed by atoms with van der Waals surface area (Å²) >= 11 is 0. The molecule has 10 rings (SSSR count). The third-order valence-electron chi connectivity index (χ3n) is 10.8. The summed E-state index contributed by atoms with van der Waals surface area (Å²) in [5.74, 6) is 0. The fourth-order valence-corrected chi connectivity index (χ4v) is 8.67. The van der Waals surface area contributed by atoms with Gasteiger partial charge in [0.25, 0.3) is 6.71 Å². The Morgan fingerprint density at radius 1 is 0.367 bits per heavy atom. The van der Waals surface area contributed by atoms with E-state index in [0.29, 0.717) is 0 Å². The van der Waals surface area contributed by atoms with Crippen LogP contribution in [0.1, 0.15) is 25.0 Å². The van der Waals surface area contributed by atoms with E-state index < -0.39 is 0 Å². The minimum Gasteiger partial charge on any atom is -0.311 e. The number of para-hydroxylation sites is 6. The molecule has 0 atom stereocenters. The van der Waals surface area contributed by atoms with Crippen LogP contribution < -0.4 is 31.1 Å². The third kappa shape index (κ3) is 3.98. The first-order valence-electron chi connectivity index (χ1n) is 17.2. The molecule has 7 aromatic carbocycles. The molecule has 3 aliphatic heterocycles. The Labute approximate surface area is 288 Å². The normalized spacial score (nSPS) is 14.7. The molecule has 0 aromatic heterocycles. The number of benzene rings is 7. The molecule has 0 bridgehead atoms. The van der Waals surface area contributed by atoms with Crippen molar-refractivity contribution in [2.24, 2.45) is 0 Å². The maximum Gasteiger partial charge on any atom is 0.252 e.